The molecule has 4 aliphatic rings. The molecule has 1 heterocycles. The Morgan fingerprint density at radius 3 is 2.69 bits per heavy atom. The van der Waals surface area contributed by atoms with Gasteiger partial charge < -0.3 is 14.8 Å². The summed E-state index contributed by atoms with van der Waals surface area (Å²) in [5.74, 6) is 2.81. The first-order chi connectivity index (χ1) is 13.8. The lowest BCUT2D eigenvalue weighted by Crippen LogP contribution is -2.55. The number of aliphatic hydroxyl groups excluding tert-OH is 1. The number of hydrogen-bond acceptors (Lipinski definition) is 4. The number of rotatable bonds is 3. The fraction of sp³-hybridized carbons (Fsp3) is 0.792. The fourth-order valence-electron chi connectivity index (χ4n) is 7.73. The van der Waals surface area contributed by atoms with E-state index in [0.29, 0.717) is 5.92 Å². The summed E-state index contributed by atoms with van der Waals surface area (Å²) < 4.78 is 2.05. The molecule has 5 rings (SSSR count). The van der Waals surface area contributed by atoms with Crippen LogP contribution in [0.1, 0.15) is 65.2 Å². The second-order valence-corrected chi connectivity index (χ2v) is 11.7. The van der Waals surface area contributed by atoms with Crippen molar-refractivity contribution >= 4 is 11.8 Å². The lowest BCUT2D eigenvalue weighted by atomic mass is 9.46. The van der Waals surface area contributed by atoms with Crippen LogP contribution in [-0.2, 0) is 7.05 Å². The number of aliphatic hydroxyl groups is 2. The van der Waals surface area contributed by atoms with E-state index in [4.69, 9.17) is 0 Å². The molecular formula is C24H36N2O2S. The first kappa shape index (κ1) is 20.1. The van der Waals surface area contributed by atoms with Gasteiger partial charge in [-0.05, 0) is 74.5 Å². The highest BCUT2D eigenvalue weighted by atomic mass is 32.2. The van der Waals surface area contributed by atoms with Gasteiger partial charge in [-0.15, -0.1) is 0 Å². The van der Waals surface area contributed by atoms with Crippen LogP contribution in [0.5, 0.6) is 0 Å². The van der Waals surface area contributed by atoms with Crippen molar-refractivity contribution in [2.45, 2.75) is 82.1 Å². The standard InChI is InChI=1S/C24H36N2O2S/c1-22-9-6-17(27)14-16(22)4-5-18-19(22)7-10-23(2)20(18)8-11-24(23,28)15-29-21-25-12-13-26(21)3/h12-14,17-20,27-28H,4-11,15H2,1-3H3/t17-,18-,19-,20+,22-,23+,24+/m0/s1. The third kappa shape index (κ3) is 2.90. The van der Waals surface area contributed by atoms with Gasteiger partial charge in [-0.1, -0.05) is 37.3 Å². The van der Waals surface area contributed by atoms with Gasteiger partial charge in [0.2, 0.25) is 0 Å². The van der Waals surface area contributed by atoms with Crippen LogP contribution in [0.15, 0.2) is 29.2 Å². The lowest BCUT2D eigenvalue weighted by molar-refractivity contribution is -0.116. The van der Waals surface area contributed by atoms with E-state index in [2.05, 4.69) is 24.9 Å². The highest BCUT2D eigenvalue weighted by Gasteiger charge is 2.63. The average Bonchev–Trinajstić information content (AvgIpc) is 3.22. The number of hydrogen-bond donors (Lipinski definition) is 2. The Balaban J connectivity index is 1.38. The molecule has 3 fully saturated rings. The summed E-state index contributed by atoms with van der Waals surface area (Å²) in [7, 11) is 2.03. The van der Waals surface area contributed by atoms with Crippen molar-refractivity contribution < 1.29 is 10.2 Å². The fourth-order valence-corrected chi connectivity index (χ4v) is 8.97. The highest BCUT2D eigenvalue weighted by Crippen LogP contribution is 2.68. The van der Waals surface area contributed by atoms with E-state index in [-0.39, 0.29) is 16.9 Å². The van der Waals surface area contributed by atoms with Gasteiger partial charge in [-0.25, -0.2) is 4.98 Å². The normalized spacial score (nSPS) is 46.6. The number of allylic oxidation sites excluding steroid dienone is 1. The third-order valence-corrected chi connectivity index (χ3v) is 10.9. The van der Waals surface area contributed by atoms with Crippen LogP contribution in [0, 0.1) is 28.6 Å². The molecule has 7 atom stereocenters. The smallest absolute Gasteiger partial charge is 0.167 e. The van der Waals surface area contributed by atoms with Gasteiger partial charge in [-0.3, -0.25) is 0 Å². The zero-order chi connectivity index (χ0) is 20.4. The second kappa shape index (κ2) is 6.86. The molecule has 1 aromatic rings. The average molecular weight is 417 g/mol. The summed E-state index contributed by atoms with van der Waals surface area (Å²) in [5, 5.41) is 23.0. The largest absolute Gasteiger partial charge is 0.389 e. The molecule has 0 radical (unpaired) electrons. The van der Waals surface area contributed by atoms with Gasteiger partial charge in [0.1, 0.15) is 0 Å². The van der Waals surface area contributed by atoms with E-state index < -0.39 is 5.60 Å². The number of aromatic nitrogens is 2. The lowest BCUT2D eigenvalue weighted by Gasteiger charge is -2.59. The Hall–Kier alpha value is -0.780. The Morgan fingerprint density at radius 2 is 1.93 bits per heavy atom. The molecule has 0 bridgehead atoms. The molecule has 0 unspecified atom stereocenters. The number of imidazole rings is 1. The van der Waals surface area contributed by atoms with Crippen molar-refractivity contribution in [1.29, 1.82) is 0 Å². The zero-order valence-electron chi connectivity index (χ0n) is 18.1. The van der Waals surface area contributed by atoms with Gasteiger partial charge in [0.15, 0.2) is 5.16 Å². The number of fused-ring (bicyclic) bond motifs is 5. The second-order valence-electron chi connectivity index (χ2n) is 10.8. The quantitative estimate of drug-likeness (QED) is 0.560. The summed E-state index contributed by atoms with van der Waals surface area (Å²) in [6.45, 7) is 4.86. The maximum atomic E-state index is 11.9. The topological polar surface area (TPSA) is 58.3 Å². The molecule has 0 aliphatic heterocycles. The summed E-state index contributed by atoms with van der Waals surface area (Å²) >= 11 is 1.72. The maximum Gasteiger partial charge on any atom is 0.167 e. The summed E-state index contributed by atoms with van der Waals surface area (Å²) in [4.78, 5) is 4.45. The van der Waals surface area contributed by atoms with Crippen molar-refractivity contribution in [3.05, 3.63) is 24.0 Å². The monoisotopic (exact) mass is 416 g/mol. The van der Waals surface area contributed by atoms with E-state index >= 15 is 0 Å². The summed E-state index contributed by atoms with van der Waals surface area (Å²) in [5.41, 5.74) is 1.21. The molecule has 29 heavy (non-hydrogen) atoms. The molecule has 3 saturated carbocycles. The summed E-state index contributed by atoms with van der Waals surface area (Å²) in [6.07, 6.45) is 14.6. The van der Waals surface area contributed by atoms with Gasteiger partial charge in [0.25, 0.3) is 0 Å². The van der Waals surface area contributed by atoms with E-state index in [1.54, 1.807) is 11.8 Å². The van der Waals surface area contributed by atoms with Crippen LogP contribution in [0.2, 0.25) is 0 Å². The van der Waals surface area contributed by atoms with Gasteiger partial charge in [0, 0.05) is 30.6 Å². The van der Waals surface area contributed by atoms with E-state index in [0.717, 1.165) is 61.3 Å². The Morgan fingerprint density at radius 1 is 1.14 bits per heavy atom. The van der Waals surface area contributed by atoms with Crippen molar-refractivity contribution in [3.63, 3.8) is 0 Å². The molecule has 0 amide bonds. The van der Waals surface area contributed by atoms with Crippen molar-refractivity contribution in [3.8, 4) is 0 Å². The number of thioether (sulfide) groups is 1. The van der Waals surface area contributed by atoms with E-state index in [9.17, 15) is 10.2 Å². The van der Waals surface area contributed by atoms with Gasteiger partial charge >= 0.3 is 0 Å². The molecule has 4 nitrogen and oxygen atoms in total. The molecule has 5 heteroatoms. The van der Waals surface area contributed by atoms with Crippen LogP contribution >= 0.6 is 11.8 Å². The van der Waals surface area contributed by atoms with Crippen LogP contribution in [0.3, 0.4) is 0 Å². The van der Waals surface area contributed by atoms with Crippen LogP contribution in [-0.4, -0.2) is 37.2 Å². The molecule has 0 aromatic carbocycles. The van der Waals surface area contributed by atoms with Crippen molar-refractivity contribution in [1.82, 2.24) is 9.55 Å². The Labute approximate surface area is 179 Å². The molecule has 2 N–H and O–H groups in total. The van der Waals surface area contributed by atoms with Crippen LogP contribution in [0.4, 0.5) is 0 Å². The number of nitrogens with zero attached hydrogens (tertiary/aromatic N) is 2. The van der Waals surface area contributed by atoms with Gasteiger partial charge in [-0.2, -0.15) is 0 Å². The first-order valence-electron chi connectivity index (χ1n) is 11.5. The third-order valence-electron chi connectivity index (χ3n) is 9.63. The van der Waals surface area contributed by atoms with Crippen LogP contribution in [0.25, 0.3) is 0 Å². The Kier molecular flexibility index (Phi) is 4.77. The minimum absolute atomic E-state index is 0.0120. The molecule has 160 valence electrons. The predicted octanol–water partition coefficient (Wildman–Crippen LogP) is 4.57. The van der Waals surface area contributed by atoms with Gasteiger partial charge in [0.05, 0.1) is 11.7 Å². The Bertz CT molecular complexity index is 822. The van der Waals surface area contributed by atoms with Crippen molar-refractivity contribution in [2.24, 2.45) is 35.6 Å². The highest BCUT2D eigenvalue weighted by molar-refractivity contribution is 7.99. The van der Waals surface area contributed by atoms with E-state index in [1.165, 1.54) is 18.4 Å². The molecule has 0 saturated heterocycles. The minimum Gasteiger partial charge on any atom is -0.389 e. The molecule has 1 aromatic heterocycles. The molecule has 4 aliphatic carbocycles. The zero-order valence-corrected chi connectivity index (χ0v) is 18.9. The SMILES string of the molecule is Cn1ccnc1SC[C@]1(O)CC[C@@H]2[C@H]3CCC4=C[C@@H](O)CC[C@]4(C)[C@H]3CC[C@]21C. The molecular weight excluding hydrogens is 380 g/mol. The number of aryl methyl sites for hydroxylation is 1. The maximum absolute atomic E-state index is 11.9. The van der Waals surface area contributed by atoms with Crippen molar-refractivity contribution in [2.75, 3.05) is 5.75 Å². The summed E-state index contributed by atoms with van der Waals surface area (Å²) in [6, 6.07) is 0. The minimum atomic E-state index is -0.598. The molecule has 0 spiro atoms. The first-order valence-corrected chi connectivity index (χ1v) is 12.5. The van der Waals surface area contributed by atoms with Crippen LogP contribution < -0.4 is 0 Å². The predicted molar refractivity (Wildman–Crippen MR) is 117 cm³/mol. The van der Waals surface area contributed by atoms with E-state index in [1.807, 2.05) is 24.0 Å².